The highest BCUT2D eigenvalue weighted by molar-refractivity contribution is 5.91. The van der Waals surface area contributed by atoms with Gasteiger partial charge in [-0.15, -0.1) is 0 Å². The highest BCUT2D eigenvalue weighted by Gasteiger charge is 2.05. The fourth-order valence-electron chi connectivity index (χ4n) is 2.25. The molecule has 0 bridgehead atoms. The second-order valence-electron chi connectivity index (χ2n) is 5.52. The minimum Gasteiger partial charge on any atom is -0.484 e. The van der Waals surface area contributed by atoms with Gasteiger partial charge in [0.2, 0.25) is 0 Å². The van der Waals surface area contributed by atoms with E-state index in [2.05, 4.69) is 15.6 Å². The van der Waals surface area contributed by atoms with E-state index in [0.717, 1.165) is 16.9 Å². The van der Waals surface area contributed by atoms with E-state index in [0.29, 0.717) is 11.6 Å². The number of benzene rings is 2. The van der Waals surface area contributed by atoms with Gasteiger partial charge < -0.3 is 15.4 Å². The molecule has 5 heteroatoms. The van der Waals surface area contributed by atoms with Crippen molar-refractivity contribution >= 4 is 23.1 Å². The Bertz CT molecular complexity index is 833. The van der Waals surface area contributed by atoms with E-state index in [9.17, 15) is 4.79 Å². The molecule has 0 saturated heterocycles. The van der Waals surface area contributed by atoms with Crippen LogP contribution in [0.25, 0.3) is 0 Å². The number of anilines is 3. The maximum absolute atomic E-state index is 11.9. The van der Waals surface area contributed by atoms with Crippen LogP contribution in [0.1, 0.15) is 5.56 Å². The predicted octanol–water partition coefficient (Wildman–Crippen LogP) is 4.15. The molecule has 0 radical (unpaired) electrons. The Hall–Kier alpha value is -3.34. The predicted molar refractivity (Wildman–Crippen MR) is 99.3 cm³/mol. The lowest BCUT2D eigenvalue weighted by molar-refractivity contribution is -0.118. The number of carbonyl (C=O) groups excluding carboxylic acids is 1. The van der Waals surface area contributed by atoms with Crippen molar-refractivity contribution in [3.8, 4) is 5.75 Å². The molecule has 0 spiro atoms. The fourth-order valence-corrected chi connectivity index (χ4v) is 2.25. The zero-order chi connectivity index (χ0) is 17.5. The minimum absolute atomic E-state index is 0.0606. The van der Waals surface area contributed by atoms with Crippen molar-refractivity contribution in [3.63, 3.8) is 0 Å². The summed E-state index contributed by atoms with van der Waals surface area (Å²) >= 11 is 0. The van der Waals surface area contributed by atoms with Gasteiger partial charge in [-0.2, -0.15) is 0 Å². The fraction of sp³-hybridized carbons (Fsp3) is 0.100. The summed E-state index contributed by atoms with van der Waals surface area (Å²) in [7, 11) is 0. The molecule has 126 valence electrons. The standard InChI is InChI=1S/C20H19N3O2/c1-15-7-5-6-10-18(15)22-16-11-12-19(21-13-16)23-20(24)14-25-17-8-3-2-4-9-17/h2-13,22H,14H2,1H3,(H,21,23,24). The molecule has 1 heterocycles. The second kappa shape index (κ2) is 7.97. The van der Waals surface area contributed by atoms with Crippen molar-refractivity contribution in [3.05, 3.63) is 78.5 Å². The summed E-state index contributed by atoms with van der Waals surface area (Å²) in [5, 5.41) is 6.01. The number of ether oxygens (including phenoxy) is 1. The van der Waals surface area contributed by atoms with Gasteiger partial charge in [0.1, 0.15) is 11.6 Å². The number of hydrogen-bond acceptors (Lipinski definition) is 4. The van der Waals surface area contributed by atoms with Crippen molar-refractivity contribution in [2.45, 2.75) is 6.92 Å². The van der Waals surface area contributed by atoms with E-state index in [4.69, 9.17) is 4.74 Å². The lowest BCUT2D eigenvalue weighted by Crippen LogP contribution is -2.20. The number of rotatable bonds is 6. The van der Waals surface area contributed by atoms with Crippen LogP contribution in [0.2, 0.25) is 0 Å². The largest absolute Gasteiger partial charge is 0.484 e. The molecule has 0 aliphatic heterocycles. The summed E-state index contributed by atoms with van der Waals surface area (Å²) in [6, 6.07) is 20.8. The third-order valence-corrected chi connectivity index (χ3v) is 3.57. The van der Waals surface area contributed by atoms with E-state index in [1.807, 2.05) is 55.5 Å². The van der Waals surface area contributed by atoms with Crippen LogP contribution in [-0.4, -0.2) is 17.5 Å². The second-order valence-corrected chi connectivity index (χ2v) is 5.52. The molecule has 5 nitrogen and oxygen atoms in total. The number of aryl methyl sites for hydroxylation is 1. The molecule has 1 amide bonds. The summed E-state index contributed by atoms with van der Waals surface area (Å²) in [4.78, 5) is 16.2. The summed E-state index contributed by atoms with van der Waals surface area (Å²) in [5.41, 5.74) is 3.03. The van der Waals surface area contributed by atoms with Crippen molar-refractivity contribution in [1.29, 1.82) is 0 Å². The minimum atomic E-state index is -0.254. The maximum atomic E-state index is 11.9. The van der Waals surface area contributed by atoms with Crippen LogP contribution in [0, 0.1) is 6.92 Å². The number of hydrogen-bond donors (Lipinski definition) is 2. The molecule has 0 atom stereocenters. The van der Waals surface area contributed by atoms with Crippen LogP contribution in [0.5, 0.6) is 5.75 Å². The first-order chi connectivity index (χ1) is 12.2. The zero-order valence-electron chi connectivity index (χ0n) is 13.9. The van der Waals surface area contributed by atoms with Crippen molar-refractivity contribution in [2.24, 2.45) is 0 Å². The monoisotopic (exact) mass is 333 g/mol. The van der Waals surface area contributed by atoms with Gasteiger partial charge in [-0.05, 0) is 42.8 Å². The molecule has 3 rings (SSSR count). The number of carbonyl (C=O) groups is 1. The van der Waals surface area contributed by atoms with Gasteiger partial charge in [-0.3, -0.25) is 4.79 Å². The Morgan fingerprint density at radius 1 is 1.00 bits per heavy atom. The molecule has 0 aliphatic rings. The smallest absolute Gasteiger partial charge is 0.263 e. The summed E-state index contributed by atoms with van der Waals surface area (Å²) in [5.74, 6) is 0.886. The summed E-state index contributed by atoms with van der Waals surface area (Å²) in [6.45, 7) is 1.98. The highest BCUT2D eigenvalue weighted by atomic mass is 16.5. The van der Waals surface area contributed by atoms with Crippen LogP contribution in [0.3, 0.4) is 0 Å². The zero-order valence-corrected chi connectivity index (χ0v) is 13.9. The van der Waals surface area contributed by atoms with Gasteiger partial charge in [-0.25, -0.2) is 4.98 Å². The number of aromatic nitrogens is 1. The Balaban J connectivity index is 1.53. The molecule has 0 unspecified atom stereocenters. The van der Waals surface area contributed by atoms with Crippen LogP contribution in [0.4, 0.5) is 17.2 Å². The lowest BCUT2D eigenvalue weighted by atomic mass is 10.2. The Labute approximate surface area is 146 Å². The average molecular weight is 333 g/mol. The first-order valence-corrected chi connectivity index (χ1v) is 7.97. The van der Waals surface area contributed by atoms with Crippen molar-refractivity contribution in [2.75, 3.05) is 17.2 Å². The number of nitrogens with zero attached hydrogens (tertiary/aromatic N) is 1. The molecule has 0 saturated carbocycles. The van der Waals surface area contributed by atoms with Gasteiger partial charge >= 0.3 is 0 Å². The Morgan fingerprint density at radius 2 is 1.76 bits per heavy atom. The van der Waals surface area contributed by atoms with E-state index < -0.39 is 0 Å². The first kappa shape index (κ1) is 16.5. The van der Waals surface area contributed by atoms with Gasteiger partial charge in [0.15, 0.2) is 6.61 Å². The number of amides is 1. The molecular weight excluding hydrogens is 314 g/mol. The van der Waals surface area contributed by atoms with Gasteiger partial charge in [0, 0.05) is 5.69 Å². The van der Waals surface area contributed by atoms with E-state index in [-0.39, 0.29) is 12.5 Å². The molecule has 3 aromatic rings. The molecule has 0 aliphatic carbocycles. The SMILES string of the molecule is Cc1ccccc1Nc1ccc(NC(=O)COc2ccccc2)nc1. The van der Waals surface area contributed by atoms with Crippen molar-refractivity contribution < 1.29 is 9.53 Å². The lowest BCUT2D eigenvalue weighted by Gasteiger charge is -2.10. The highest BCUT2D eigenvalue weighted by Crippen LogP contribution is 2.20. The normalized spacial score (nSPS) is 10.1. The van der Waals surface area contributed by atoms with Crippen molar-refractivity contribution in [1.82, 2.24) is 4.98 Å². The quantitative estimate of drug-likeness (QED) is 0.711. The summed E-state index contributed by atoms with van der Waals surface area (Å²) < 4.78 is 5.40. The van der Waals surface area contributed by atoms with Crippen LogP contribution in [-0.2, 0) is 4.79 Å². The average Bonchev–Trinajstić information content (AvgIpc) is 2.64. The third-order valence-electron chi connectivity index (χ3n) is 3.57. The van der Waals surface area contributed by atoms with Crippen LogP contribution < -0.4 is 15.4 Å². The Kier molecular flexibility index (Phi) is 5.26. The van der Waals surface area contributed by atoms with E-state index in [1.54, 1.807) is 24.4 Å². The van der Waals surface area contributed by atoms with Gasteiger partial charge in [0.25, 0.3) is 5.91 Å². The molecule has 2 aromatic carbocycles. The molecule has 1 aromatic heterocycles. The first-order valence-electron chi connectivity index (χ1n) is 7.97. The maximum Gasteiger partial charge on any atom is 0.263 e. The molecule has 25 heavy (non-hydrogen) atoms. The third kappa shape index (κ3) is 4.81. The van der Waals surface area contributed by atoms with E-state index in [1.165, 1.54) is 0 Å². The molecular formula is C20H19N3O2. The molecule has 2 N–H and O–H groups in total. The van der Waals surface area contributed by atoms with E-state index >= 15 is 0 Å². The van der Waals surface area contributed by atoms with Gasteiger partial charge in [-0.1, -0.05) is 36.4 Å². The number of pyridine rings is 1. The van der Waals surface area contributed by atoms with Crippen LogP contribution in [0.15, 0.2) is 72.9 Å². The van der Waals surface area contributed by atoms with Crippen LogP contribution >= 0.6 is 0 Å². The number of nitrogens with one attached hydrogen (secondary N) is 2. The summed E-state index contributed by atoms with van der Waals surface area (Å²) in [6.07, 6.45) is 1.68. The molecule has 0 fully saturated rings. The van der Waals surface area contributed by atoms with Gasteiger partial charge in [0.05, 0.1) is 11.9 Å². The topological polar surface area (TPSA) is 63.2 Å². The Morgan fingerprint density at radius 3 is 2.48 bits per heavy atom. The number of para-hydroxylation sites is 2.